The molecule has 0 aliphatic carbocycles. The minimum Gasteiger partial charge on any atom is -0.344 e. The summed E-state index contributed by atoms with van der Waals surface area (Å²) < 4.78 is 36.1. The molecule has 1 rings (SSSR count). The van der Waals surface area contributed by atoms with Crippen LogP contribution in [0.1, 0.15) is 33.6 Å². The van der Waals surface area contributed by atoms with Crippen LogP contribution in [0, 0.1) is 5.41 Å². The van der Waals surface area contributed by atoms with Crippen molar-refractivity contribution < 1.29 is 18.0 Å². The Labute approximate surface area is 99.1 Å². The first-order valence-electron chi connectivity index (χ1n) is 5.69. The lowest BCUT2D eigenvalue weighted by Gasteiger charge is -2.23. The number of amides is 1. The molecule has 2 atom stereocenters. The number of nitrogens with one attached hydrogen (secondary N) is 2. The van der Waals surface area contributed by atoms with Crippen molar-refractivity contribution in [2.45, 2.75) is 51.9 Å². The van der Waals surface area contributed by atoms with Crippen LogP contribution in [0.3, 0.4) is 0 Å². The molecule has 1 heterocycles. The second-order valence-corrected chi connectivity index (χ2v) is 5.77. The highest BCUT2D eigenvalue weighted by molar-refractivity contribution is 5.82. The van der Waals surface area contributed by atoms with Gasteiger partial charge in [0.1, 0.15) is 0 Å². The van der Waals surface area contributed by atoms with E-state index >= 15 is 0 Å². The summed E-state index contributed by atoms with van der Waals surface area (Å²) in [5, 5.41) is 5.15. The van der Waals surface area contributed by atoms with Gasteiger partial charge in [-0.05, 0) is 18.3 Å². The summed E-state index contributed by atoms with van der Waals surface area (Å²) in [5.41, 5.74) is 0.126. The van der Waals surface area contributed by atoms with Gasteiger partial charge in [-0.3, -0.25) is 4.79 Å². The molecule has 1 aliphatic rings. The zero-order valence-corrected chi connectivity index (χ0v) is 10.3. The van der Waals surface area contributed by atoms with Gasteiger partial charge < -0.3 is 10.6 Å². The fraction of sp³-hybridized carbons (Fsp3) is 0.909. The van der Waals surface area contributed by atoms with Crippen molar-refractivity contribution in [2.24, 2.45) is 5.41 Å². The number of carbonyl (C=O) groups excluding carboxylic acids is 1. The van der Waals surface area contributed by atoms with E-state index in [1.54, 1.807) is 0 Å². The van der Waals surface area contributed by atoms with E-state index in [-0.39, 0.29) is 11.5 Å². The quantitative estimate of drug-likeness (QED) is 0.787. The van der Waals surface area contributed by atoms with Crippen molar-refractivity contribution in [3.8, 4) is 0 Å². The number of rotatable bonds is 2. The molecule has 0 radical (unpaired) electrons. The third-order valence-corrected chi connectivity index (χ3v) is 2.67. The molecule has 0 aromatic carbocycles. The zero-order valence-electron chi connectivity index (χ0n) is 10.3. The van der Waals surface area contributed by atoms with Crippen LogP contribution < -0.4 is 10.6 Å². The minimum absolute atomic E-state index is 0.126. The maximum atomic E-state index is 12.0. The van der Waals surface area contributed by atoms with Crippen LogP contribution >= 0.6 is 0 Å². The Balaban J connectivity index is 2.39. The summed E-state index contributed by atoms with van der Waals surface area (Å²) in [6.07, 6.45) is -3.35. The molecule has 0 spiro atoms. The van der Waals surface area contributed by atoms with Crippen LogP contribution in [-0.2, 0) is 4.79 Å². The smallest absolute Gasteiger partial charge is 0.344 e. The Morgan fingerprint density at radius 2 is 1.94 bits per heavy atom. The van der Waals surface area contributed by atoms with Crippen LogP contribution in [0.4, 0.5) is 13.2 Å². The molecule has 0 saturated carbocycles. The molecule has 1 saturated heterocycles. The maximum absolute atomic E-state index is 12.0. The van der Waals surface area contributed by atoms with Gasteiger partial charge in [-0.25, -0.2) is 0 Å². The molecule has 3 nitrogen and oxygen atoms in total. The molecule has 0 bridgehead atoms. The van der Waals surface area contributed by atoms with E-state index < -0.39 is 18.1 Å². The van der Waals surface area contributed by atoms with Crippen molar-refractivity contribution >= 4 is 5.91 Å². The molecule has 1 amide bonds. The standard InChI is InChI=1S/C11H19F3N2O/c1-10(2,3)5-7-4-8(6-15-7)16-9(17)11(12,13)14/h7-8,15H,4-6H2,1-3H3,(H,16,17)/t7-,8-/m0/s1. The van der Waals surface area contributed by atoms with Crippen LogP contribution in [-0.4, -0.2) is 30.7 Å². The largest absolute Gasteiger partial charge is 0.471 e. The lowest BCUT2D eigenvalue weighted by molar-refractivity contribution is -0.174. The highest BCUT2D eigenvalue weighted by Crippen LogP contribution is 2.25. The van der Waals surface area contributed by atoms with Crippen LogP contribution in [0.15, 0.2) is 0 Å². The molecule has 2 N–H and O–H groups in total. The molecule has 6 heteroatoms. The normalized spacial score (nSPS) is 26.0. The Hall–Kier alpha value is -0.780. The van der Waals surface area contributed by atoms with Crippen LogP contribution in [0.25, 0.3) is 0 Å². The Bertz CT molecular complexity index is 283. The van der Waals surface area contributed by atoms with Crippen molar-refractivity contribution in [3.05, 3.63) is 0 Å². The van der Waals surface area contributed by atoms with Gasteiger partial charge in [0.05, 0.1) is 0 Å². The van der Waals surface area contributed by atoms with Gasteiger partial charge in [0.15, 0.2) is 0 Å². The summed E-state index contributed by atoms with van der Waals surface area (Å²) in [5.74, 6) is -1.85. The van der Waals surface area contributed by atoms with Crippen molar-refractivity contribution in [2.75, 3.05) is 6.54 Å². The Morgan fingerprint density at radius 1 is 1.35 bits per heavy atom. The molecule has 17 heavy (non-hydrogen) atoms. The second kappa shape index (κ2) is 4.84. The van der Waals surface area contributed by atoms with E-state index in [1.165, 1.54) is 0 Å². The van der Waals surface area contributed by atoms with Crippen LogP contribution in [0.2, 0.25) is 0 Å². The van der Waals surface area contributed by atoms with Crippen molar-refractivity contribution in [3.63, 3.8) is 0 Å². The first-order chi connectivity index (χ1) is 7.58. The molecule has 0 unspecified atom stereocenters. The van der Waals surface area contributed by atoms with E-state index in [9.17, 15) is 18.0 Å². The lowest BCUT2D eigenvalue weighted by Crippen LogP contribution is -2.43. The molecule has 1 fully saturated rings. The van der Waals surface area contributed by atoms with E-state index in [0.29, 0.717) is 13.0 Å². The van der Waals surface area contributed by atoms with E-state index in [0.717, 1.165) is 6.42 Å². The highest BCUT2D eigenvalue weighted by Gasteiger charge is 2.41. The van der Waals surface area contributed by atoms with Gasteiger partial charge in [0, 0.05) is 18.6 Å². The van der Waals surface area contributed by atoms with E-state index in [1.807, 2.05) is 5.32 Å². The Morgan fingerprint density at radius 3 is 2.41 bits per heavy atom. The SMILES string of the molecule is CC(C)(C)C[C@@H]1C[C@H](NC(=O)C(F)(F)F)CN1. The average molecular weight is 252 g/mol. The van der Waals surface area contributed by atoms with Crippen molar-refractivity contribution in [1.29, 1.82) is 0 Å². The Kier molecular flexibility index (Phi) is 4.06. The molecule has 0 aromatic rings. The van der Waals surface area contributed by atoms with Gasteiger partial charge in [-0.2, -0.15) is 13.2 Å². The molecule has 1 aliphatic heterocycles. The summed E-state index contributed by atoms with van der Waals surface area (Å²) in [6, 6.07) is -0.245. The number of hydrogen-bond acceptors (Lipinski definition) is 2. The van der Waals surface area contributed by atoms with Crippen molar-refractivity contribution in [1.82, 2.24) is 10.6 Å². The van der Waals surface area contributed by atoms with Gasteiger partial charge in [-0.15, -0.1) is 0 Å². The number of carbonyl (C=O) groups is 1. The fourth-order valence-corrected chi connectivity index (χ4v) is 2.09. The zero-order chi connectivity index (χ0) is 13.3. The average Bonchev–Trinajstić information content (AvgIpc) is 2.47. The number of alkyl halides is 3. The highest BCUT2D eigenvalue weighted by atomic mass is 19.4. The number of halogens is 3. The molecule has 100 valence electrons. The third-order valence-electron chi connectivity index (χ3n) is 2.67. The van der Waals surface area contributed by atoms with Crippen LogP contribution in [0.5, 0.6) is 0 Å². The summed E-state index contributed by atoms with van der Waals surface area (Å²) >= 11 is 0. The van der Waals surface area contributed by atoms with Gasteiger partial charge in [-0.1, -0.05) is 20.8 Å². The topological polar surface area (TPSA) is 41.1 Å². The van der Waals surface area contributed by atoms with E-state index in [2.05, 4.69) is 26.1 Å². The minimum atomic E-state index is -4.79. The molecular formula is C11H19F3N2O. The fourth-order valence-electron chi connectivity index (χ4n) is 2.09. The maximum Gasteiger partial charge on any atom is 0.471 e. The summed E-state index contributed by atoms with van der Waals surface area (Å²) in [7, 11) is 0. The third kappa shape index (κ3) is 4.93. The van der Waals surface area contributed by atoms with Gasteiger partial charge >= 0.3 is 12.1 Å². The number of hydrogen-bond donors (Lipinski definition) is 2. The first-order valence-corrected chi connectivity index (χ1v) is 5.69. The molecular weight excluding hydrogens is 233 g/mol. The summed E-state index contributed by atoms with van der Waals surface area (Å²) in [4.78, 5) is 10.7. The van der Waals surface area contributed by atoms with Gasteiger partial charge in [0.2, 0.25) is 0 Å². The predicted molar refractivity (Wildman–Crippen MR) is 58.5 cm³/mol. The monoisotopic (exact) mass is 252 g/mol. The second-order valence-electron chi connectivity index (χ2n) is 5.77. The van der Waals surface area contributed by atoms with E-state index in [4.69, 9.17) is 0 Å². The predicted octanol–water partition coefficient (Wildman–Crippen LogP) is 1.83. The first kappa shape index (κ1) is 14.3. The lowest BCUT2D eigenvalue weighted by atomic mass is 9.87. The molecule has 0 aromatic heterocycles. The van der Waals surface area contributed by atoms with Gasteiger partial charge in [0.25, 0.3) is 0 Å². The summed E-state index contributed by atoms with van der Waals surface area (Å²) in [6.45, 7) is 6.64.